The number of hydrogen-bond donors (Lipinski definition) is 0. The van der Waals surface area contributed by atoms with Crippen LogP contribution < -0.4 is 5.56 Å². The summed E-state index contributed by atoms with van der Waals surface area (Å²) in [6, 6.07) is 11.0. The van der Waals surface area contributed by atoms with Gasteiger partial charge in [-0.1, -0.05) is 31.4 Å². The quantitative estimate of drug-likeness (QED) is 0.588. The lowest BCUT2D eigenvalue weighted by Crippen LogP contribution is -2.23. The number of benzene rings is 1. The molecule has 1 aromatic heterocycles. The van der Waals surface area contributed by atoms with E-state index in [-0.39, 0.29) is 12.1 Å². The number of halogens is 1. The van der Waals surface area contributed by atoms with E-state index in [1.165, 1.54) is 22.9 Å². The summed E-state index contributed by atoms with van der Waals surface area (Å²) in [6.45, 7) is 6.95. The molecule has 0 radical (unpaired) electrons. The van der Waals surface area contributed by atoms with Crippen molar-refractivity contribution in [3.05, 3.63) is 83.5 Å². The van der Waals surface area contributed by atoms with Crippen molar-refractivity contribution in [1.82, 2.24) is 9.78 Å². The lowest BCUT2D eigenvalue weighted by Gasteiger charge is -2.08. The molecule has 0 saturated heterocycles. The van der Waals surface area contributed by atoms with E-state index in [9.17, 15) is 9.18 Å². The van der Waals surface area contributed by atoms with Crippen molar-refractivity contribution in [2.45, 2.75) is 11.4 Å². The second-order valence-corrected chi connectivity index (χ2v) is 5.69. The molecule has 0 amide bonds. The van der Waals surface area contributed by atoms with Crippen LogP contribution in [0.25, 0.3) is 11.3 Å². The van der Waals surface area contributed by atoms with Gasteiger partial charge in [-0.3, -0.25) is 4.79 Å². The monoisotopic (exact) mass is 328 g/mol. The molecule has 0 fully saturated rings. The second-order valence-electron chi connectivity index (χ2n) is 4.81. The number of aromatic nitrogens is 2. The summed E-state index contributed by atoms with van der Waals surface area (Å²) >= 11 is 1.66. The maximum atomic E-state index is 12.9. The Morgan fingerprint density at radius 2 is 2.00 bits per heavy atom. The largest absolute Gasteiger partial charge is 0.268 e. The third-order valence-corrected chi connectivity index (χ3v) is 3.93. The van der Waals surface area contributed by atoms with E-state index in [4.69, 9.17) is 0 Å². The van der Waals surface area contributed by atoms with Gasteiger partial charge >= 0.3 is 0 Å². The first-order valence-corrected chi connectivity index (χ1v) is 8.16. The molecule has 0 saturated carbocycles. The third kappa shape index (κ3) is 4.53. The standard InChI is InChI=1S/C18H17FN2OS/c1-4-14(11-13(2)19)12-21-18(22)10-9-17(20-21)15-5-7-16(23-3)8-6-15/h4-11H,1-2,12H2,3H3/b14-11+. The van der Waals surface area contributed by atoms with Gasteiger partial charge in [0.1, 0.15) is 5.83 Å². The lowest BCUT2D eigenvalue weighted by molar-refractivity contribution is 0.633. The summed E-state index contributed by atoms with van der Waals surface area (Å²) in [6.07, 6.45) is 4.73. The molecule has 0 aliphatic carbocycles. The van der Waals surface area contributed by atoms with Gasteiger partial charge in [0.25, 0.3) is 5.56 Å². The van der Waals surface area contributed by atoms with Crippen molar-refractivity contribution in [3.63, 3.8) is 0 Å². The molecule has 1 heterocycles. The third-order valence-electron chi connectivity index (χ3n) is 3.19. The molecule has 2 rings (SSSR count). The average molecular weight is 328 g/mol. The summed E-state index contributed by atoms with van der Waals surface area (Å²) in [5.41, 5.74) is 1.86. The normalized spacial score (nSPS) is 11.3. The van der Waals surface area contributed by atoms with Crippen LogP contribution in [0.4, 0.5) is 4.39 Å². The van der Waals surface area contributed by atoms with Crippen molar-refractivity contribution >= 4 is 11.8 Å². The minimum atomic E-state index is -0.586. The van der Waals surface area contributed by atoms with Crippen LogP contribution in [-0.2, 0) is 6.54 Å². The van der Waals surface area contributed by atoms with Crippen LogP contribution in [0.2, 0.25) is 0 Å². The van der Waals surface area contributed by atoms with Crippen LogP contribution in [0, 0.1) is 0 Å². The first-order valence-electron chi connectivity index (χ1n) is 6.93. The van der Waals surface area contributed by atoms with E-state index < -0.39 is 5.83 Å². The Hall–Kier alpha value is -2.40. The highest BCUT2D eigenvalue weighted by molar-refractivity contribution is 7.98. The molecule has 1 aromatic carbocycles. The van der Waals surface area contributed by atoms with E-state index in [1.807, 2.05) is 30.5 Å². The van der Waals surface area contributed by atoms with Gasteiger partial charge in [-0.15, -0.1) is 11.8 Å². The van der Waals surface area contributed by atoms with Gasteiger partial charge in [-0.2, -0.15) is 5.10 Å². The molecule has 118 valence electrons. The topological polar surface area (TPSA) is 34.9 Å². The smallest absolute Gasteiger partial charge is 0.267 e. The molecule has 5 heteroatoms. The molecule has 0 N–H and O–H groups in total. The van der Waals surface area contributed by atoms with Gasteiger partial charge in [0.15, 0.2) is 0 Å². The van der Waals surface area contributed by atoms with Crippen LogP contribution in [0.5, 0.6) is 0 Å². The molecular weight excluding hydrogens is 311 g/mol. The van der Waals surface area contributed by atoms with E-state index in [1.54, 1.807) is 17.8 Å². The maximum absolute atomic E-state index is 12.9. The zero-order valence-electron chi connectivity index (χ0n) is 12.8. The minimum Gasteiger partial charge on any atom is -0.268 e. The first-order chi connectivity index (χ1) is 11.0. The molecular formula is C18H17FN2OS. The van der Waals surface area contributed by atoms with Crippen LogP contribution in [-0.4, -0.2) is 16.0 Å². The summed E-state index contributed by atoms with van der Waals surface area (Å²) in [5.74, 6) is -0.586. The van der Waals surface area contributed by atoms with Crippen molar-refractivity contribution in [3.8, 4) is 11.3 Å². The average Bonchev–Trinajstić information content (AvgIpc) is 2.55. The number of thioether (sulfide) groups is 1. The van der Waals surface area contributed by atoms with E-state index >= 15 is 0 Å². The number of allylic oxidation sites excluding steroid dienone is 4. The minimum absolute atomic E-state index is 0.141. The van der Waals surface area contributed by atoms with E-state index in [2.05, 4.69) is 18.3 Å². The molecule has 3 nitrogen and oxygen atoms in total. The molecule has 0 spiro atoms. The number of hydrogen-bond acceptors (Lipinski definition) is 3. The maximum Gasteiger partial charge on any atom is 0.267 e. The Bertz CT molecular complexity index is 807. The SMILES string of the molecule is C=C/C(=C\C(=C)F)Cn1nc(-c2ccc(SC)cc2)ccc1=O. The van der Waals surface area contributed by atoms with E-state index in [0.29, 0.717) is 11.3 Å². The van der Waals surface area contributed by atoms with Crippen molar-refractivity contribution in [2.75, 3.05) is 6.26 Å². The predicted molar refractivity (Wildman–Crippen MR) is 94.2 cm³/mol. The van der Waals surface area contributed by atoms with Crippen LogP contribution >= 0.6 is 11.8 Å². The van der Waals surface area contributed by atoms with Gasteiger partial charge in [-0.25, -0.2) is 9.07 Å². The molecule has 0 aliphatic rings. The zero-order chi connectivity index (χ0) is 16.8. The van der Waals surface area contributed by atoms with Crippen molar-refractivity contribution in [2.24, 2.45) is 0 Å². The lowest BCUT2D eigenvalue weighted by atomic mass is 10.1. The fourth-order valence-corrected chi connectivity index (χ4v) is 2.43. The molecule has 0 bridgehead atoms. The van der Waals surface area contributed by atoms with Crippen molar-refractivity contribution in [1.29, 1.82) is 0 Å². The van der Waals surface area contributed by atoms with Gasteiger partial charge in [-0.05, 0) is 36.1 Å². The van der Waals surface area contributed by atoms with Crippen molar-refractivity contribution < 1.29 is 4.39 Å². The van der Waals surface area contributed by atoms with Crippen LogP contribution in [0.3, 0.4) is 0 Å². The Balaban J connectivity index is 2.36. The van der Waals surface area contributed by atoms with Crippen LogP contribution in [0.15, 0.2) is 82.8 Å². The van der Waals surface area contributed by atoms with Crippen LogP contribution in [0.1, 0.15) is 0 Å². The van der Waals surface area contributed by atoms with Gasteiger partial charge in [0.2, 0.25) is 0 Å². The number of nitrogens with zero attached hydrogens (tertiary/aromatic N) is 2. The highest BCUT2D eigenvalue weighted by Crippen LogP contribution is 2.20. The fraction of sp³-hybridized carbons (Fsp3) is 0.111. The molecule has 0 atom stereocenters. The highest BCUT2D eigenvalue weighted by atomic mass is 32.2. The van der Waals surface area contributed by atoms with Gasteiger partial charge in [0.05, 0.1) is 12.2 Å². The first kappa shape index (κ1) is 17.0. The fourth-order valence-electron chi connectivity index (χ4n) is 2.02. The highest BCUT2D eigenvalue weighted by Gasteiger charge is 2.05. The Morgan fingerprint density at radius 1 is 1.30 bits per heavy atom. The second kappa shape index (κ2) is 7.74. The summed E-state index contributed by atoms with van der Waals surface area (Å²) < 4.78 is 14.2. The summed E-state index contributed by atoms with van der Waals surface area (Å²) in [5, 5.41) is 4.35. The molecule has 2 aromatic rings. The van der Waals surface area contributed by atoms with E-state index in [0.717, 1.165) is 10.5 Å². The number of rotatable bonds is 6. The summed E-state index contributed by atoms with van der Waals surface area (Å²) in [4.78, 5) is 13.1. The Labute approximate surface area is 138 Å². The molecule has 0 aliphatic heterocycles. The molecule has 23 heavy (non-hydrogen) atoms. The summed E-state index contributed by atoms with van der Waals surface area (Å²) in [7, 11) is 0. The molecule has 0 unspecified atom stereocenters. The predicted octanol–water partition coefficient (Wildman–Crippen LogP) is 4.23. The Morgan fingerprint density at radius 3 is 2.57 bits per heavy atom. The van der Waals surface area contributed by atoms with Gasteiger partial charge in [0, 0.05) is 16.5 Å². The zero-order valence-corrected chi connectivity index (χ0v) is 13.6. The Kier molecular flexibility index (Phi) is 5.71. The van der Waals surface area contributed by atoms with Gasteiger partial charge < -0.3 is 0 Å².